The molecular formula is C20H22ClF3N2O5S. The summed E-state index contributed by atoms with van der Waals surface area (Å²) < 4.78 is 75.7. The lowest BCUT2D eigenvalue weighted by Gasteiger charge is -2.12. The minimum Gasteiger partial charge on any atom is -0.493 e. The van der Waals surface area contributed by atoms with Crippen LogP contribution in [0.5, 0.6) is 11.5 Å². The highest BCUT2D eigenvalue weighted by Crippen LogP contribution is 2.35. The zero-order chi connectivity index (χ0) is 23.9. The van der Waals surface area contributed by atoms with Crippen LogP contribution >= 0.6 is 11.6 Å². The molecule has 176 valence electrons. The van der Waals surface area contributed by atoms with Gasteiger partial charge in [-0.3, -0.25) is 4.79 Å². The van der Waals surface area contributed by atoms with Gasteiger partial charge >= 0.3 is 6.18 Å². The monoisotopic (exact) mass is 494 g/mol. The molecular weight excluding hydrogens is 473 g/mol. The van der Waals surface area contributed by atoms with Crippen molar-refractivity contribution in [2.45, 2.75) is 23.9 Å². The van der Waals surface area contributed by atoms with Crippen LogP contribution < -0.4 is 19.5 Å². The van der Waals surface area contributed by atoms with E-state index in [1.54, 1.807) is 12.1 Å². The van der Waals surface area contributed by atoms with Gasteiger partial charge in [-0.25, -0.2) is 13.1 Å². The SMILES string of the molecule is COc1ccc(CCNC(=O)CCNS(=O)(=O)c2ccc(Cl)c(C(F)(F)F)c2)cc1OC. The number of benzene rings is 2. The van der Waals surface area contributed by atoms with Crippen molar-refractivity contribution in [3.63, 3.8) is 0 Å². The predicted molar refractivity (Wildman–Crippen MR) is 113 cm³/mol. The van der Waals surface area contributed by atoms with E-state index in [2.05, 4.69) is 10.0 Å². The van der Waals surface area contributed by atoms with Crippen molar-refractivity contribution in [3.05, 3.63) is 52.5 Å². The van der Waals surface area contributed by atoms with E-state index in [-0.39, 0.29) is 13.0 Å². The molecule has 0 aliphatic heterocycles. The van der Waals surface area contributed by atoms with Gasteiger partial charge in [0.05, 0.1) is 29.7 Å². The summed E-state index contributed by atoms with van der Waals surface area (Å²) in [7, 11) is -1.21. The molecule has 2 aromatic carbocycles. The molecule has 32 heavy (non-hydrogen) atoms. The van der Waals surface area contributed by atoms with Gasteiger partial charge in [-0.15, -0.1) is 0 Å². The number of ether oxygens (including phenoxy) is 2. The summed E-state index contributed by atoms with van der Waals surface area (Å²) in [6.45, 7) is 0.0156. The average Bonchev–Trinajstić information content (AvgIpc) is 2.72. The molecule has 0 saturated carbocycles. The molecule has 0 spiro atoms. The second kappa shape index (κ2) is 10.9. The molecule has 2 N–H and O–H groups in total. The predicted octanol–water partition coefficient (Wildman–Crippen LogP) is 3.40. The number of alkyl halides is 3. The van der Waals surface area contributed by atoms with Crippen molar-refractivity contribution in [1.29, 1.82) is 0 Å². The minimum absolute atomic E-state index is 0.190. The number of sulfonamides is 1. The van der Waals surface area contributed by atoms with E-state index in [1.807, 2.05) is 6.07 Å². The Bertz CT molecular complexity index is 1060. The third-order valence-electron chi connectivity index (χ3n) is 4.38. The highest BCUT2D eigenvalue weighted by atomic mass is 35.5. The van der Waals surface area contributed by atoms with Gasteiger partial charge < -0.3 is 14.8 Å². The van der Waals surface area contributed by atoms with Crippen molar-refractivity contribution in [3.8, 4) is 11.5 Å². The van der Waals surface area contributed by atoms with E-state index in [4.69, 9.17) is 21.1 Å². The fraction of sp³-hybridized carbons (Fsp3) is 0.350. The van der Waals surface area contributed by atoms with Gasteiger partial charge in [-0.2, -0.15) is 13.2 Å². The molecule has 0 fully saturated rings. The number of nitrogens with one attached hydrogen (secondary N) is 2. The Morgan fingerprint density at radius 2 is 1.72 bits per heavy atom. The zero-order valence-electron chi connectivity index (χ0n) is 17.3. The lowest BCUT2D eigenvalue weighted by molar-refractivity contribution is -0.137. The Hall–Kier alpha value is -2.50. The Morgan fingerprint density at radius 3 is 2.34 bits per heavy atom. The van der Waals surface area contributed by atoms with E-state index < -0.39 is 37.6 Å². The number of halogens is 4. The van der Waals surface area contributed by atoms with Gasteiger partial charge in [0.25, 0.3) is 0 Å². The maximum Gasteiger partial charge on any atom is 0.417 e. The zero-order valence-corrected chi connectivity index (χ0v) is 18.8. The molecule has 2 rings (SSSR count). The van der Waals surface area contributed by atoms with Crippen LogP contribution in [-0.4, -0.2) is 41.6 Å². The van der Waals surface area contributed by atoms with Crippen molar-refractivity contribution in [2.75, 3.05) is 27.3 Å². The van der Waals surface area contributed by atoms with Gasteiger partial charge in [-0.1, -0.05) is 17.7 Å². The Labute approximate surface area is 188 Å². The number of amides is 1. The molecule has 0 aliphatic rings. The van der Waals surface area contributed by atoms with Gasteiger partial charge in [0, 0.05) is 19.5 Å². The first-order chi connectivity index (χ1) is 15.0. The Balaban J connectivity index is 1.85. The van der Waals surface area contributed by atoms with Crippen LogP contribution in [0.2, 0.25) is 5.02 Å². The summed E-state index contributed by atoms with van der Waals surface area (Å²) in [4.78, 5) is 11.4. The summed E-state index contributed by atoms with van der Waals surface area (Å²) in [5.41, 5.74) is -0.359. The quantitative estimate of drug-likeness (QED) is 0.528. The fourth-order valence-electron chi connectivity index (χ4n) is 2.74. The van der Waals surface area contributed by atoms with Gasteiger partial charge in [0.15, 0.2) is 11.5 Å². The van der Waals surface area contributed by atoms with Crippen LogP contribution in [0.3, 0.4) is 0 Å². The molecule has 0 unspecified atom stereocenters. The maximum atomic E-state index is 12.9. The first kappa shape index (κ1) is 25.8. The highest BCUT2D eigenvalue weighted by Gasteiger charge is 2.34. The van der Waals surface area contributed by atoms with Crippen LogP contribution in [0, 0.1) is 0 Å². The number of hydrogen-bond donors (Lipinski definition) is 2. The van der Waals surface area contributed by atoms with Crippen molar-refractivity contribution in [1.82, 2.24) is 10.0 Å². The molecule has 0 heterocycles. The fourth-order valence-corrected chi connectivity index (χ4v) is 4.02. The van der Waals surface area contributed by atoms with Crippen LogP contribution in [0.25, 0.3) is 0 Å². The molecule has 2 aromatic rings. The second-order valence-electron chi connectivity index (χ2n) is 6.58. The van der Waals surface area contributed by atoms with E-state index in [1.165, 1.54) is 14.2 Å². The van der Waals surface area contributed by atoms with Crippen molar-refractivity contribution in [2.24, 2.45) is 0 Å². The Morgan fingerprint density at radius 1 is 1.03 bits per heavy atom. The summed E-state index contributed by atoms with van der Waals surface area (Å²) in [6, 6.07) is 7.62. The summed E-state index contributed by atoms with van der Waals surface area (Å²) in [5.74, 6) is 0.720. The van der Waals surface area contributed by atoms with E-state index >= 15 is 0 Å². The summed E-state index contributed by atoms with van der Waals surface area (Å²) in [6.07, 6.45) is -4.48. The molecule has 7 nitrogen and oxygen atoms in total. The van der Waals surface area contributed by atoms with Crippen LogP contribution in [-0.2, 0) is 27.4 Å². The molecule has 0 bridgehead atoms. The number of methoxy groups -OCH3 is 2. The maximum absolute atomic E-state index is 12.9. The van der Waals surface area contributed by atoms with Crippen LogP contribution in [0.4, 0.5) is 13.2 Å². The first-order valence-corrected chi connectivity index (χ1v) is 11.2. The number of hydrogen-bond acceptors (Lipinski definition) is 5. The topological polar surface area (TPSA) is 93.7 Å². The first-order valence-electron chi connectivity index (χ1n) is 9.32. The molecule has 0 aromatic heterocycles. The summed E-state index contributed by atoms with van der Waals surface area (Å²) >= 11 is 5.50. The standard InChI is InChI=1S/C20H22ClF3N2O5S/c1-30-17-6-3-13(11-18(17)31-2)7-9-25-19(27)8-10-26-32(28,29)14-4-5-16(21)15(12-14)20(22,23)24/h3-6,11-12,26H,7-10H2,1-2H3,(H,25,27). The molecule has 0 saturated heterocycles. The second-order valence-corrected chi connectivity index (χ2v) is 8.75. The van der Waals surface area contributed by atoms with Crippen LogP contribution in [0.1, 0.15) is 17.5 Å². The molecule has 0 atom stereocenters. The number of carbonyl (C=O) groups is 1. The molecule has 1 amide bonds. The van der Waals surface area contributed by atoms with E-state index in [9.17, 15) is 26.4 Å². The molecule has 0 aliphatic carbocycles. The van der Waals surface area contributed by atoms with Crippen molar-refractivity contribution < 1.29 is 35.9 Å². The highest BCUT2D eigenvalue weighted by molar-refractivity contribution is 7.89. The minimum atomic E-state index is -4.80. The number of rotatable bonds is 10. The van der Waals surface area contributed by atoms with Crippen LogP contribution in [0.15, 0.2) is 41.3 Å². The van der Waals surface area contributed by atoms with E-state index in [0.29, 0.717) is 30.5 Å². The van der Waals surface area contributed by atoms with E-state index in [0.717, 1.165) is 17.7 Å². The molecule has 12 heteroatoms. The normalized spacial score (nSPS) is 11.8. The number of carbonyl (C=O) groups excluding carboxylic acids is 1. The third-order valence-corrected chi connectivity index (χ3v) is 6.17. The lowest BCUT2D eigenvalue weighted by atomic mass is 10.1. The largest absolute Gasteiger partial charge is 0.493 e. The summed E-state index contributed by atoms with van der Waals surface area (Å²) in [5, 5.41) is 2.04. The Kier molecular flexibility index (Phi) is 8.76. The lowest BCUT2D eigenvalue weighted by Crippen LogP contribution is -2.31. The average molecular weight is 495 g/mol. The molecule has 0 radical (unpaired) electrons. The smallest absolute Gasteiger partial charge is 0.417 e. The van der Waals surface area contributed by atoms with Gasteiger partial charge in [-0.05, 0) is 42.3 Å². The van der Waals surface area contributed by atoms with Gasteiger partial charge in [0.2, 0.25) is 15.9 Å². The van der Waals surface area contributed by atoms with Crippen molar-refractivity contribution >= 4 is 27.5 Å². The third kappa shape index (κ3) is 7.01. The van der Waals surface area contributed by atoms with Gasteiger partial charge in [0.1, 0.15) is 0 Å².